The molecule has 0 atom stereocenters. The number of anilines is 1. The normalized spacial score (nSPS) is 10.3. The van der Waals surface area contributed by atoms with Crippen molar-refractivity contribution in [3.8, 4) is 0 Å². The fraction of sp³-hybridized carbons (Fsp3) is 0.250. The van der Waals surface area contributed by atoms with E-state index in [9.17, 15) is 14.4 Å². The maximum Gasteiger partial charge on any atom is 0.323 e. The highest BCUT2D eigenvalue weighted by atomic mass is 32.2. The SMILES string of the molecule is CCN(CC(=O)O)C(=O)c1ccccc1SCC(=O)Nc1ccc(C)cc1. The number of benzene rings is 2. The van der Waals surface area contributed by atoms with Crippen molar-refractivity contribution in [1.82, 2.24) is 4.90 Å². The van der Waals surface area contributed by atoms with E-state index in [1.54, 1.807) is 31.2 Å². The molecule has 6 nitrogen and oxygen atoms in total. The number of amides is 2. The van der Waals surface area contributed by atoms with Crippen molar-refractivity contribution in [2.75, 3.05) is 24.2 Å². The molecule has 7 heteroatoms. The van der Waals surface area contributed by atoms with E-state index in [4.69, 9.17) is 5.11 Å². The molecule has 27 heavy (non-hydrogen) atoms. The molecule has 0 saturated carbocycles. The van der Waals surface area contributed by atoms with E-state index < -0.39 is 5.97 Å². The summed E-state index contributed by atoms with van der Waals surface area (Å²) >= 11 is 1.25. The summed E-state index contributed by atoms with van der Waals surface area (Å²) in [4.78, 5) is 37.7. The third kappa shape index (κ3) is 6.14. The van der Waals surface area contributed by atoms with Crippen LogP contribution in [0, 0.1) is 6.92 Å². The number of carbonyl (C=O) groups is 3. The molecule has 0 spiro atoms. The number of carboxylic acids is 1. The van der Waals surface area contributed by atoms with Gasteiger partial charge in [-0.25, -0.2) is 0 Å². The lowest BCUT2D eigenvalue weighted by molar-refractivity contribution is -0.137. The second-order valence-electron chi connectivity index (χ2n) is 5.91. The van der Waals surface area contributed by atoms with Crippen molar-refractivity contribution in [1.29, 1.82) is 0 Å². The van der Waals surface area contributed by atoms with Crippen LogP contribution < -0.4 is 5.32 Å². The van der Waals surface area contributed by atoms with Gasteiger partial charge in [-0.2, -0.15) is 0 Å². The number of thioether (sulfide) groups is 1. The first-order valence-corrected chi connectivity index (χ1v) is 9.48. The number of nitrogens with one attached hydrogen (secondary N) is 1. The van der Waals surface area contributed by atoms with Gasteiger partial charge in [-0.05, 0) is 38.1 Å². The van der Waals surface area contributed by atoms with Crippen LogP contribution in [0.15, 0.2) is 53.4 Å². The monoisotopic (exact) mass is 386 g/mol. The van der Waals surface area contributed by atoms with Crippen LogP contribution in [0.25, 0.3) is 0 Å². The van der Waals surface area contributed by atoms with Crippen molar-refractivity contribution < 1.29 is 19.5 Å². The molecule has 2 aromatic rings. The van der Waals surface area contributed by atoms with E-state index in [-0.39, 0.29) is 30.7 Å². The van der Waals surface area contributed by atoms with E-state index in [1.807, 2.05) is 31.2 Å². The van der Waals surface area contributed by atoms with Crippen LogP contribution >= 0.6 is 11.8 Å². The Morgan fingerprint density at radius 1 is 1.07 bits per heavy atom. The lowest BCUT2D eigenvalue weighted by Crippen LogP contribution is -2.35. The Balaban J connectivity index is 2.04. The molecule has 0 radical (unpaired) electrons. The van der Waals surface area contributed by atoms with Gasteiger partial charge in [-0.15, -0.1) is 11.8 Å². The Kier molecular flexibility index (Phi) is 7.43. The van der Waals surface area contributed by atoms with Crippen LogP contribution in [0.5, 0.6) is 0 Å². The Bertz CT molecular complexity index is 821. The predicted octanol–water partition coefficient (Wildman–Crippen LogP) is 3.27. The van der Waals surface area contributed by atoms with Gasteiger partial charge < -0.3 is 15.3 Å². The molecule has 0 unspecified atom stereocenters. The Morgan fingerprint density at radius 2 is 1.74 bits per heavy atom. The Hall–Kier alpha value is -2.80. The van der Waals surface area contributed by atoms with Gasteiger partial charge in [0.2, 0.25) is 5.91 Å². The minimum absolute atomic E-state index is 0.142. The first-order chi connectivity index (χ1) is 12.9. The number of hydrogen-bond acceptors (Lipinski definition) is 4. The number of rotatable bonds is 8. The summed E-state index contributed by atoms with van der Waals surface area (Å²) in [6, 6.07) is 14.4. The third-order valence-electron chi connectivity index (χ3n) is 3.81. The van der Waals surface area contributed by atoms with Crippen LogP contribution in [0.1, 0.15) is 22.8 Å². The third-order valence-corrected chi connectivity index (χ3v) is 4.88. The largest absolute Gasteiger partial charge is 0.480 e. The van der Waals surface area contributed by atoms with Gasteiger partial charge in [0, 0.05) is 17.1 Å². The summed E-state index contributed by atoms with van der Waals surface area (Å²) in [5.41, 5.74) is 2.22. The van der Waals surface area contributed by atoms with Gasteiger partial charge in [0.15, 0.2) is 0 Å². The summed E-state index contributed by atoms with van der Waals surface area (Å²) in [6.45, 7) is 3.63. The molecule has 2 amide bonds. The predicted molar refractivity (Wildman–Crippen MR) is 106 cm³/mol. The van der Waals surface area contributed by atoms with Gasteiger partial charge >= 0.3 is 5.97 Å². The fourth-order valence-corrected chi connectivity index (χ4v) is 3.25. The molecule has 2 N–H and O–H groups in total. The molecule has 0 aliphatic carbocycles. The second kappa shape index (κ2) is 9.78. The van der Waals surface area contributed by atoms with Gasteiger partial charge in [-0.3, -0.25) is 14.4 Å². The molecule has 0 bridgehead atoms. The molecule has 2 aromatic carbocycles. The lowest BCUT2D eigenvalue weighted by Gasteiger charge is -2.20. The molecule has 0 aromatic heterocycles. The van der Waals surface area contributed by atoms with E-state index in [2.05, 4.69) is 5.32 Å². The molecule has 0 heterocycles. The summed E-state index contributed by atoms with van der Waals surface area (Å²) in [7, 11) is 0. The fourth-order valence-electron chi connectivity index (χ4n) is 2.41. The average Bonchev–Trinajstić information content (AvgIpc) is 2.66. The number of aliphatic carboxylic acids is 1. The van der Waals surface area contributed by atoms with E-state index in [1.165, 1.54) is 16.7 Å². The van der Waals surface area contributed by atoms with Crippen LogP contribution in [-0.2, 0) is 9.59 Å². The summed E-state index contributed by atoms with van der Waals surface area (Å²) < 4.78 is 0. The summed E-state index contributed by atoms with van der Waals surface area (Å²) in [6.07, 6.45) is 0. The van der Waals surface area contributed by atoms with E-state index >= 15 is 0 Å². The first kappa shape index (κ1) is 20.5. The van der Waals surface area contributed by atoms with E-state index in [0.29, 0.717) is 16.1 Å². The highest BCUT2D eigenvalue weighted by Crippen LogP contribution is 2.24. The van der Waals surface area contributed by atoms with Crippen LogP contribution in [0.3, 0.4) is 0 Å². The molecular weight excluding hydrogens is 364 g/mol. The number of hydrogen-bond donors (Lipinski definition) is 2. The first-order valence-electron chi connectivity index (χ1n) is 8.50. The molecule has 0 fully saturated rings. The number of carboxylic acid groups (broad SMARTS) is 1. The quantitative estimate of drug-likeness (QED) is 0.680. The number of aryl methyl sites for hydroxylation is 1. The van der Waals surface area contributed by atoms with Gasteiger partial charge in [0.1, 0.15) is 6.54 Å². The second-order valence-corrected chi connectivity index (χ2v) is 6.93. The minimum Gasteiger partial charge on any atom is -0.480 e. The van der Waals surface area contributed by atoms with Crippen LogP contribution in [0.4, 0.5) is 5.69 Å². The molecule has 2 rings (SSSR count). The van der Waals surface area contributed by atoms with Crippen molar-refractivity contribution >= 4 is 35.2 Å². The van der Waals surface area contributed by atoms with Crippen LogP contribution in [-0.4, -0.2) is 46.6 Å². The van der Waals surface area contributed by atoms with Gasteiger partial charge in [0.05, 0.1) is 11.3 Å². The number of carbonyl (C=O) groups excluding carboxylic acids is 2. The summed E-state index contributed by atoms with van der Waals surface area (Å²) in [5.74, 6) is -1.46. The molecular formula is C20H22N2O4S. The number of likely N-dealkylation sites (N-methyl/N-ethyl adjacent to an activating group) is 1. The molecule has 0 saturated heterocycles. The number of nitrogens with zero attached hydrogens (tertiary/aromatic N) is 1. The van der Waals surface area contributed by atoms with Crippen molar-refractivity contribution in [2.24, 2.45) is 0 Å². The highest BCUT2D eigenvalue weighted by molar-refractivity contribution is 8.00. The zero-order valence-corrected chi connectivity index (χ0v) is 16.1. The van der Waals surface area contributed by atoms with Crippen molar-refractivity contribution in [3.05, 3.63) is 59.7 Å². The Morgan fingerprint density at radius 3 is 2.37 bits per heavy atom. The minimum atomic E-state index is -1.06. The van der Waals surface area contributed by atoms with Crippen LogP contribution in [0.2, 0.25) is 0 Å². The standard InChI is InChI=1S/C20H22N2O4S/c1-3-22(12-19(24)25)20(26)16-6-4-5-7-17(16)27-13-18(23)21-15-10-8-14(2)9-11-15/h4-11H,3,12-13H2,1-2H3,(H,21,23)(H,24,25). The van der Waals surface area contributed by atoms with Gasteiger partial charge in [0.25, 0.3) is 5.91 Å². The average molecular weight is 386 g/mol. The Labute approximate surface area is 162 Å². The van der Waals surface area contributed by atoms with Crippen molar-refractivity contribution in [2.45, 2.75) is 18.7 Å². The lowest BCUT2D eigenvalue weighted by atomic mass is 10.2. The molecule has 0 aliphatic heterocycles. The maximum atomic E-state index is 12.6. The maximum absolute atomic E-state index is 12.6. The van der Waals surface area contributed by atoms with E-state index in [0.717, 1.165) is 5.56 Å². The summed E-state index contributed by atoms with van der Waals surface area (Å²) in [5, 5.41) is 11.8. The molecule has 0 aliphatic rings. The van der Waals surface area contributed by atoms with Crippen molar-refractivity contribution in [3.63, 3.8) is 0 Å². The highest BCUT2D eigenvalue weighted by Gasteiger charge is 2.20. The molecule has 142 valence electrons. The smallest absolute Gasteiger partial charge is 0.323 e. The zero-order valence-electron chi connectivity index (χ0n) is 15.3. The topological polar surface area (TPSA) is 86.7 Å². The zero-order chi connectivity index (χ0) is 19.8. The van der Waals surface area contributed by atoms with Gasteiger partial charge in [-0.1, -0.05) is 29.8 Å².